The molecule has 0 aliphatic heterocycles. The number of halogens is 1. The van der Waals surface area contributed by atoms with Crippen molar-refractivity contribution < 1.29 is 4.79 Å². The molecular weight excluding hydrogens is 274 g/mol. The molecule has 0 unspecified atom stereocenters. The van der Waals surface area contributed by atoms with Crippen LogP contribution in [0.5, 0.6) is 0 Å². The summed E-state index contributed by atoms with van der Waals surface area (Å²) in [6.45, 7) is 3.86. The van der Waals surface area contributed by atoms with Crippen LogP contribution in [0.4, 0.5) is 11.4 Å². The number of rotatable bonds is 4. The fourth-order valence-electron chi connectivity index (χ4n) is 1.74. The predicted molar refractivity (Wildman–Crippen MR) is 83.5 cm³/mol. The van der Waals surface area contributed by atoms with Crippen molar-refractivity contribution >= 4 is 35.6 Å². The van der Waals surface area contributed by atoms with E-state index < -0.39 is 0 Å². The van der Waals surface area contributed by atoms with Crippen LogP contribution in [-0.4, -0.2) is 12.6 Å². The summed E-state index contributed by atoms with van der Waals surface area (Å²) in [6, 6.07) is 12.0. The number of amides is 1. The molecule has 0 spiro atoms. The summed E-state index contributed by atoms with van der Waals surface area (Å²) in [6.07, 6.45) is 0. The molecule has 2 aromatic carbocycles. The Kier molecular flexibility index (Phi) is 4.38. The maximum Gasteiger partial charge on any atom is 0.255 e. The summed E-state index contributed by atoms with van der Waals surface area (Å²) >= 11 is 5.79. The van der Waals surface area contributed by atoms with Gasteiger partial charge in [0.1, 0.15) is 0 Å². The number of nitrogens with two attached hydrogens (primary N) is 1. The zero-order chi connectivity index (χ0) is 14.5. The van der Waals surface area contributed by atoms with Gasteiger partial charge in [0.15, 0.2) is 0 Å². The van der Waals surface area contributed by atoms with Crippen LogP contribution in [0.2, 0.25) is 5.02 Å². The molecule has 1 amide bonds. The Labute approximate surface area is 122 Å². The number of nitrogen functional groups attached to an aromatic ring is 1. The molecule has 102 valence electrons. The zero-order valence-electron chi connectivity index (χ0n) is 10.8. The molecule has 2 aromatic rings. The molecule has 0 saturated carbocycles. The Hall–Kier alpha value is -2.33. The van der Waals surface area contributed by atoms with Gasteiger partial charge in [-0.25, -0.2) is 0 Å². The first kappa shape index (κ1) is 14.1. The average molecular weight is 288 g/mol. The van der Waals surface area contributed by atoms with Gasteiger partial charge in [-0.15, -0.1) is 0 Å². The van der Waals surface area contributed by atoms with Crippen molar-refractivity contribution in [2.24, 2.45) is 4.99 Å². The molecule has 20 heavy (non-hydrogen) atoms. The van der Waals surface area contributed by atoms with E-state index in [2.05, 4.69) is 17.0 Å². The Morgan fingerprint density at radius 3 is 2.55 bits per heavy atom. The van der Waals surface area contributed by atoms with Crippen molar-refractivity contribution in [2.45, 2.75) is 6.54 Å². The Balaban J connectivity index is 2.15. The van der Waals surface area contributed by atoms with Crippen LogP contribution in [0.3, 0.4) is 0 Å². The van der Waals surface area contributed by atoms with Crippen LogP contribution < -0.4 is 11.1 Å². The van der Waals surface area contributed by atoms with E-state index in [1.807, 2.05) is 0 Å². The number of benzene rings is 2. The summed E-state index contributed by atoms with van der Waals surface area (Å²) in [5, 5.41) is 3.39. The molecule has 0 aliphatic rings. The van der Waals surface area contributed by atoms with Gasteiger partial charge in [-0.05, 0) is 48.7 Å². The van der Waals surface area contributed by atoms with E-state index in [0.29, 0.717) is 28.5 Å². The molecule has 0 bridgehead atoms. The monoisotopic (exact) mass is 287 g/mol. The third-order valence-corrected chi connectivity index (χ3v) is 3.04. The van der Waals surface area contributed by atoms with E-state index in [1.54, 1.807) is 42.5 Å². The van der Waals surface area contributed by atoms with Gasteiger partial charge in [0, 0.05) is 22.0 Å². The van der Waals surface area contributed by atoms with Crippen molar-refractivity contribution in [1.29, 1.82) is 0 Å². The average Bonchev–Trinajstić information content (AvgIpc) is 2.44. The lowest BCUT2D eigenvalue weighted by Crippen LogP contribution is -2.12. The molecule has 0 atom stereocenters. The molecule has 0 saturated heterocycles. The lowest BCUT2D eigenvalue weighted by atomic mass is 10.1. The highest BCUT2D eigenvalue weighted by molar-refractivity contribution is 6.30. The second-order valence-corrected chi connectivity index (χ2v) is 4.69. The number of anilines is 2. The van der Waals surface area contributed by atoms with Crippen molar-refractivity contribution in [2.75, 3.05) is 11.1 Å². The van der Waals surface area contributed by atoms with Crippen LogP contribution in [0, 0.1) is 0 Å². The van der Waals surface area contributed by atoms with Gasteiger partial charge in [-0.1, -0.05) is 17.7 Å². The third kappa shape index (κ3) is 3.36. The first-order chi connectivity index (χ1) is 9.60. The number of carbonyl (C=O) groups is 1. The minimum Gasteiger partial charge on any atom is -0.398 e. The van der Waals surface area contributed by atoms with E-state index in [4.69, 9.17) is 17.3 Å². The third-order valence-electron chi connectivity index (χ3n) is 2.79. The van der Waals surface area contributed by atoms with Crippen LogP contribution in [-0.2, 0) is 6.54 Å². The number of nitrogens with zero attached hydrogens (tertiary/aromatic N) is 1. The summed E-state index contributed by atoms with van der Waals surface area (Å²) in [5.41, 5.74) is 8.42. The van der Waals surface area contributed by atoms with Gasteiger partial charge in [-0.2, -0.15) is 0 Å². The lowest BCUT2D eigenvalue weighted by Gasteiger charge is -2.08. The van der Waals surface area contributed by atoms with Gasteiger partial charge < -0.3 is 11.1 Å². The molecule has 0 fully saturated rings. The van der Waals surface area contributed by atoms with E-state index in [-0.39, 0.29) is 5.91 Å². The standard InChI is InChI=1S/C15H14ClN3O/c1-18-9-11-3-2-10(8-14(11)17)15(20)19-13-6-4-12(16)5-7-13/h2-8H,1,9,17H2,(H,19,20). The van der Waals surface area contributed by atoms with Gasteiger partial charge >= 0.3 is 0 Å². The van der Waals surface area contributed by atoms with Crippen LogP contribution >= 0.6 is 11.6 Å². The second kappa shape index (κ2) is 6.21. The maximum atomic E-state index is 12.1. The van der Waals surface area contributed by atoms with Gasteiger partial charge in [-0.3, -0.25) is 9.79 Å². The SMILES string of the molecule is C=NCc1ccc(C(=O)Nc2ccc(Cl)cc2)cc1N. The largest absolute Gasteiger partial charge is 0.398 e. The summed E-state index contributed by atoms with van der Waals surface area (Å²) < 4.78 is 0. The summed E-state index contributed by atoms with van der Waals surface area (Å²) in [4.78, 5) is 15.9. The second-order valence-electron chi connectivity index (χ2n) is 4.26. The number of nitrogens with one attached hydrogen (secondary N) is 1. The number of hydrogen-bond donors (Lipinski definition) is 2. The molecular formula is C15H14ClN3O. The zero-order valence-corrected chi connectivity index (χ0v) is 11.5. The predicted octanol–water partition coefficient (Wildman–Crippen LogP) is 3.38. The molecule has 0 heterocycles. The van der Waals surface area contributed by atoms with E-state index in [1.165, 1.54) is 0 Å². The van der Waals surface area contributed by atoms with Gasteiger partial charge in [0.2, 0.25) is 0 Å². The molecule has 0 aromatic heterocycles. The summed E-state index contributed by atoms with van der Waals surface area (Å²) in [7, 11) is 0. The number of aliphatic imine (C=N–C) groups is 1. The normalized spacial score (nSPS) is 10.1. The molecule has 0 radical (unpaired) electrons. The minimum atomic E-state index is -0.225. The highest BCUT2D eigenvalue weighted by Crippen LogP contribution is 2.18. The van der Waals surface area contributed by atoms with Crippen molar-refractivity contribution in [3.8, 4) is 0 Å². The van der Waals surface area contributed by atoms with Gasteiger partial charge in [0.25, 0.3) is 5.91 Å². The number of carbonyl (C=O) groups excluding carboxylic acids is 1. The first-order valence-corrected chi connectivity index (χ1v) is 6.36. The number of hydrogen-bond acceptors (Lipinski definition) is 3. The minimum absolute atomic E-state index is 0.225. The van der Waals surface area contributed by atoms with Crippen molar-refractivity contribution in [3.05, 3.63) is 58.6 Å². The highest BCUT2D eigenvalue weighted by atomic mass is 35.5. The Morgan fingerprint density at radius 1 is 1.25 bits per heavy atom. The Morgan fingerprint density at radius 2 is 1.95 bits per heavy atom. The fourth-order valence-corrected chi connectivity index (χ4v) is 1.86. The van der Waals surface area contributed by atoms with Crippen molar-refractivity contribution in [3.63, 3.8) is 0 Å². The fraction of sp³-hybridized carbons (Fsp3) is 0.0667. The molecule has 2 rings (SSSR count). The van der Waals surface area contributed by atoms with E-state index in [9.17, 15) is 4.79 Å². The Bertz CT molecular complexity index is 638. The summed E-state index contributed by atoms with van der Waals surface area (Å²) in [5.74, 6) is -0.225. The van der Waals surface area contributed by atoms with Crippen LogP contribution in [0.1, 0.15) is 15.9 Å². The first-order valence-electron chi connectivity index (χ1n) is 5.98. The molecule has 5 heteroatoms. The lowest BCUT2D eigenvalue weighted by molar-refractivity contribution is 0.102. The molecule has 0 aliphatic carbocycles. The van der Waals surface area contributed by atoms with Crippen LogP contribution in [0.15, 0.2) is 47.5 Å². The molecule has 4 nitrogen and oxygen atoms in total. The van der Waals surface area contributed by atoms with E-state index in [0.717, 1.165) is 5.56 Å². The smallest absolute Gasteiger partial charge is 0.255 e. The van der Waals surface area contributed by atoms with Crippen molar-refractivity contribution in [1.82, 2.24) is 0 Å². The molecule has 3 N–H and O–H groups in total. The quantitative estimate of drug-likeness (QED) is 0.669. The highest BCUT2D eigenvalue weighted by Gasteiger charge is 2.08. The van der Waals surface area contributed by atoms with E-state index >= 15 is 0 Å². The topological polar surface area (TPSA) is 67.5 Å². The van der Waals surface area contributed by atoms with Gasteiger partial charge in [0.05, 0.1) is 6.54 Å². The van der Waals surface area contributed by atoms with Crippen LogP contribution in [0.25, 0.3) is 0 Å². The maximum absolute atomic E-state index is 12.1.